The van der Waals surface area contributed by atoms with Crippen LogP contribution in [-0.4, -0.2) is 32.8 Å². The van der Waals surface area contributed by atoms with Gasteiger partial charge in [-0.2, -0.15) is 0 Å². The SMILES string of the molecule is COc1ccc(/C=C/C(=O)NCc2nnc(SCc3ccncc3)n2CC(C)C)cc1. The largest absolute Gasteiger partial charge is 0.497 e. The topological polar surface area (TPSA) is 81.9 Å². The molecule has 162 valence electrons. The van der Waals surface area contributed by atoms with Gasteiger partial charge < -0.3 is 14.6 Å². The molecule has 7 nitrogen and oxygen atoms in total. The zero-order valence-corrected chi connectivity index (χ0v) is 18.8. The lowest BCUT2D eigenvalue weighted by molar-refractivity contribution is -0.116. The molecule has 1 aromatic carbocycles. The van der Waals surface area contributed by atoms with Crippen LogP contribution in [0, 0.1) is 5.92 Å². The van der Waals surface area contributed by atoms with Gasteiger partial charge in [-0.15, -0.1) is 10.2 Å². The van der Waals surface area contributed by atoms with Crippen LogP contribution in [0.25, 0.3) is 6.08 Å². The number of carbonyl (C=O) groups is 1. The normalized spacial score (nSPS) is 11.2. The number of nitrogens with zero attached hydrogens (tertiary/aromatic N) is 4. The molecule has 2 heterocycles. The van der Waals surface area contributed by atoms with Crippen LogP contribution in [0.15, 0.2) is 60.0 Å². The summed E-state index contributed by atoms with van der Waals surface area (Å²) in [5.74, 6) is 2.57. The average molecular weight is 438 g/mol. The molecule has 1 amide bonds. The molecule has 8 heteroatoms. The van der Waals surface area contributed by atoms with Crippen molar-refractivity contribution in [1.82, 2.24) is 25.1 Å². The number of hydrogen-bond donors (Lipinski definition) is 1. The quantitative estimate of drug-likeness (QED) is 0.382. The summed E-state index contributed by atoms with van der Waals surface area (Å²) in [6.07, 6.45) is 6.86. The van der Waals surface area contributed by atoms with E-state index in [1.165, 1.54) is 11.6 Å². The minimum absolute atomic E-state index is 0.180. The molecule has 0 atom stereocenters. The Balaban J connectivity index is 1.60. The van der Waals surface area contributed by atoms with E-state index in [1.807, 2.05) is 36.4 Å². The highest BCUT2D eigenvalue weighted by atomic mass is 32.2. The van der Waals surface area contributed by atoms with Crippen LogP contribution < -0.4 is 10.1 Å². The Labute approximate surface area is 186 Å². The van der Waals surface area contributed by atoms with Gasteiger partial charge in [0.05, 0.1) is 13.7 Å². The fourth-order valence-corrected chi connectivity index (χ4v) is 3.77. The zero-order valence-electron chi connectivity index (χ0n) is 18.0. The number of carbonyl (C=O) groups excluding carboxylic acids is 1. The third kappa shape index (κ3) is 6.96. The van der Waals surface area contributed by atoms with Crippen LogP contribution in [0.3, 0.4) is 0 Å². The molecular formula is C23H27N5O2S. The lowest BCUT2D eigenvalue weighted by Crippen LogP contribution is -2.23. The van der Waals surface area contributed by atoms with E-state index in [0.29, 0.717) is 12.5 Å². The molecule has 0 radical (unpaired) electrons. The van der Waals surface area contributed by atoms with Gasteiger partial charge >= 0.3 is 0 Å². The fourth-order valence-electron chi connectivity index (χ4n) is 2.84. The minimum Gasteiger partial charge on any atom is -0.497 e. The maximum absolute atomic E-state index is 12.3. The number of amides is 1. The summed E-state index contributed by atoms with van der Waals surface area (Å²) in [4.78, 5) is 16.3. The Morgan fingerprint density at radius 1 is 1.16 bits per heavy atom. The minimum atomic E-state index is -0.180. The van der Waals surface area contributed by atoms with Gasteiger partial charge in [-0.3, -0.25) is 9.78 Å². The van der Waals surface area contributed by atoms with E-state index >= 15 is 0 Å². The Morgan fingerprint density at radius 2 is 1.90 bits per heavy atom. The molecule has 3 rings (SSSR count). The summed E-state index contributed by atoms with van der Waals surface area (Å²) in [6.45, 7) is 5.41. The molecule has 0 fully saturated rings. The first-order valence-corrected chi connectivity index (χ1v) is 11.1. The maximum Gasteiger partial charge on any atom is 0.244 e. The van der Waals surface area contributed by atoms with Gasteiger partial charge in [-0.05, 0) is 47.4 Å². The van der Waals surface area contributed by atoms with E-state index in [9.17, 15) is 4.79 Å². The predicted octanol–water partition coefficient (Wildman–Crippen LogP) is 3.96. The second-order valence-corrected chi connectivity index (χ2v) is 8.31. The predicted molar refractivity (Wildman–Crippen MR) is 123 cm³/mol. The second kappa shape index (κ2) is 11.3. The van der Waals surface area contributed by atoms with Crippen molar-refractivity contribution in [3.63, 3.8) is 0 Å². The van der Waals surface area contributed by atoms with E-state index in [-0.39, 0.29) is 5.91 Å². The van der Waals surface area contributed by atoms with Gasteiger partial charge in [-0.1, -0.05) is 37.7 Å². The van der Waals surface area contributed by atoms with Crippen molar-refractivity contribution in [1.29, 1.82) is 0 Å². The van der Waals surface area contributed by atoms with E-state index in [1.54, 1.807) is 37.3 Å². The van der Waals surface area contributed by atoms with Crippen LogP contribution in [0.5, 0.6) is 5.75 Å². The van der Waals surface area contributed by atoms with Crippen molar-refractivity contribution in [3.8, 4) is 5.75 Å². The number of ether oxygens (including phenoxy) is 1. The van der Waals surface area contributed by atoms with Gasteiger partial charge in [0.15, 0.2) is 11.0 Å². The highest BCUT2D eigenvalue weighted by Gasteiger charge is 2.14. The van der Waals surface area contributed by atoms with E-state index < -0.39 is 0 Å². The molecule has 0 saturated carbocycles. The first-order chi connectivity index (χ1) is 15.0. The average Bonchev–Trinajstić information content (AvgIpc) is 3.16. The standard InChI is InChI=1S/C23H27N5O2S/c1-17(2)15-28-21(26-27-23(28)31-16-19-10-12-24-13-11-19)14-25-22(29)9-6-18-4-7-20(30-3)8-5-18/h4-13,17H,14-16H2,1-3H3,(H,25,29)/b9-6+. The molecule has 0 unspecified atom stereocenters. The molecule has 31 heavy (non-hydrogen) atoms. The number of rotatable bonds is 10. The van der Waals surface area contributed by atoms with Gasteiger partial charge in [0.25, 0.3) is 0 Å². The van der Waals surface area contributed by atoms with E-state index in [0.717, 1.165) is 34.6 Å². The zero-order chi connectivity index (χ0) is 22.1. The van der Waals surface area contributed by atoms with Crippen LogP contribution in [0.4, 0.5) is 0 Å². The monoisotopic (exact) mass is 437 g/mol. The number of aromatic nitrogens is 4. The van der Waals surface area contributed by atoms with Crippen LogP contribution in [-0.2, 0) is 23.6 Å². The Bertz CT molecular complexity index is 1000. The molecule has 0 spiro atoms. The summed E-state index contributed by atoms with van der Waals surface area (Å²) >= 11 is 1.63. The van der Waals surface area contributed by atoms with Crippen molar-refractivity contribution in [2.24, 2.45) is 5.92 Å². The highest BCUT2D eigenvalue weighted by molar-refractivity contribution is 7.98. The lowest BCUT2D eigenvalue weighted by Gasteiger charge is -2.12. The van der Waals surface area contributed by atoms with Crippen LogP contribution in [0.2, 0.25) is 0 Å². The van der Waals surface area contributed by atoms with Crippen molar-refractivity contribution < 1.29 is 9.53 Å². The smallest absolute Gasteiger partial charge is 0.244 e. The summed E-state index contributed by atoms with van der Waals surface area (Å²) < 4.78 is 7.23. The number of methoxy groups -OCH3 is 1. The summed E-state index contributed by atoms with van der Waals surface area (Å²) in [5.41, 5.74) is 2.10. The van der Waals surface area contributed by atoms with Crippen molar-refractivity contribution in [2.75, 3.05) is 7.11 Å². The van der Waals surface area contributed by atoms with Gasteiger partial charge in [0, 0.05) is 30.8 Å². The first-order valence-electron chi connectivity index (χ1n) is 10.1. The van der Waals surface area contributed by atoms with Crippen LogP contribution >= 0.6 is 11.8 Å². The molecule has 3 aromatic rings. The van der Waals surface area contributed by atoms with Gasteiger partial charge in [-0.25, -0.2) is 0 Å². The molecule has 2 aromatic heterocycles. The van der Waals surface area contributed by atoms with E-state index in [4.69, 9.17) is 4.74 Å². The molecule has 0 aliphatic rings. The summed E-state index contributed by atoms with van der Waals surface area (Å²) in [5, 5.41) is 12.4. The second-order valence-electron chi connectivity index (χ2n) is 7.37. The molecule has 0 saturated heterocycles. The van der Waals surface area contributed by atoms with Gasteiger partial charge in [0.2, 0.25) is 5.91 Å². The number of benzene rings is 1. The number of nitrogens with one attached hydrogen (secondary N) is 1. The third-order valence-electron chi connectivity index (χ3n) is 4.42. The van der Waals surface area contributed by atoms with Crippen molar-refractivity contribution in [2.45, 2.75) is 37.8 Å². The molecular weight excluding hydrogens is 410 g/mol. The van der Waals surface area contributed by atoms with Crippen LogP contribution in [0.1, 0.15) is 30.8 Å². The molecule has 0 aliphatic heterocycles. The summed E-state index contributed by atoms with van der Waals surface area (Å²) in [6, 6.07) is 11.5. The fraction of sp³-hybridized carbons (Fsp3) is 0.304. The van der Waals surface area contributed by atoms with E-state index in [2.05, 4.69) is 38.9 Å². The number of thioether (sulfide) groups is 1. The number of pyridine rings is 1. The third-order valence-corrected chi connectivity index (χ3v) is 5.46. The highest BCUT2D eigenvalue weighted by Crippen LogP contribution is 2.22. The summed E-state index contributed by atoms with van der Waals surface area (Å²) in [7, 11) is 1.62. The maximum atomic E-state index is 12.3. The first kappa shape index (κ1) is 22.6. The Hall–Kier alpha value is -3.13. The Kier molecular flexibility index (Phi) is 8.23. The Morgan fingerprint density at radius 3 is 2.58 bits per heavy atom. The number of hydrogen-bond acceptors (Lipinski definition) is 6. The molecule has 0 bridgehead atoms. The molecule has 1 N–H and O–H groups in total. The lowest BCUT2D eigenvalue weighted by atomic mass is 10.2. The van der Waals surface area contributed by atoms with Crippen molar-refractivity contribution in [3.05, 3.63) is 71.8 Å². The van der Waals surface area contributed by atoms with Gasteiger partial charge in [0.1, 0.15) is 5.75 Å². The molecule has 0 aliphatic carbocycles. The van der Waals surface area contributed by atoms with Crippen molar-refractivity contribution >= 4 is 23.7 Å².